The lowest BCUT2D eigenvalue weighted by atomic mass is 10.3. The Balaban J connectivity index is 0.00000133. The number of hydrogen-bond donors (Lipinski definition) is 1. The minimum atomic E-state index is 0. The normalized spacial score (nSPS) is 16.0. The molecule has 1 aromatic heterocycles. The average molecular weight is 280 g/mol. The lowest BCUT2D eigenvalue weighted by Gasteiger charge is -2.25. The zero-order valence-corrected chi connectivity index (χ0v) is 11.5. The zero-order valence-electron chi connectivity index (χ0n) is 10.7. The smallest absolute Gasteiger partial charge is 0.0971 e. The van der Waals surface area contributed by atoms with Crippen LogP contribution < -0.4 is 5.32 Å². The van der Waals surface area contributed by atoms with E-state index in [0.29, 0.717) is 0 Å². The molecule has 6 heteroatoms. The number of piperazine rings is 1. The number of para-hydroxylation sites is 1. The fourth-order valence-corrected chi connectivity index (χ4v) is 2.15. The van der Waals surface area contributed by atoms with E-state index in [-0.39, 0.29) is 12.4 Å². The van der Waals surface area contributed by atoms with Crippen LogP contribution in [-0.2, 0) is 6.54 Å². The van der Waals surface area contributed by atoms with Gasteiger partial charge in [0.25, 0.3) is 0 Å². The Hall–Kier alpha value is -1.43. The molecule has 0 amide bonds. The number of aromatic nitrogens is 3. The van der Waals surface area contributed by atoms with Crippen LogP contribution in [0.4, 0.5) is 0 Å². The van der Waals surface area contributed by atoms with Gasteiger partial charge in [-0.15, -0.1) is 12.4 Å². The van der Waals surface area contributed by atoms with E-state index in [4.69, 9.17) is 0 Å². The molecular weight excluding hydrogens is 262 g/mol. The Kier molecular flexibility index (Phi) is 4.90. The predicted octanol–water partition coefficient (Wildman–Crippen LogP) is 1.09. The summed E-state index contributed by atoms with van der Waals surface area (Å²) in [6.07, 6.45) is 1.86. The fourth-order valence-electron chi connectivity index (χ4n) is 2.15. The van der Waals surface area contributed by atoms with Crippen molar-refractivity contribution in [2.45, 2.75) is 6.54 Å². The first-order valence-corrected chi connectivity index (χ1v) is 6.31. The third-order valence-electron chi connectivity index (χ3n) is 3.12. The lowest BCUT2D eigenvalue weighted by Crippen LogP contribution is -2.42. The molecule has 2 heterocycles. The van der Waals surface area contributed by atoms with Crippen molar-refractivity contribution < 1.29 is 0 Å². The van der Waals surface area contributed by atoms with Gasteiger partial charge in [-0.25, -0.2) is 0 Å². The standard InChI is InChI=1S/C13H17N5.ClH/c1-2-4-13(5-3-1)18-15-10-12(16-18)11-17-8-6-14-7-9-17;/h1-5,10,14H,6-9,11H2;1H. The Labute approximate surface area is 119 Å². The van der Waals surface area contributed by atoms with Crippen LogP contribution in [0, 0.1) is 0 Å². The SMILES string of the molecule is Cl.c1ccc(-n2ncc(CN3CCNCC3)n2)cc1. The second-order valence-electron chi connectivity index (χ2n) is 4.49. The zero-order chi connectivity index (χ0) is 12.2. The average Bonchev–Trinajstić information content (AvgIpc) is 2.89. The van der Waals surface area contributed by atoms with E-state index in [9.17, 15) is 0 Å². The summed E-state index contributed by atoms with van der Waals surface area (Å²) in [5.74, 6) is 0. The molecule has 2 aromatic rings. The van der Waals surface area contributed by atoms with Gasteiger partial charge in [0.2, 0.25) is 0 Å². The van der Waals surface area contributed by atoms with E-state index in [1.54, 1.807) is 4.80 Å². The number of hydrogen-bond acceptors (Lipinski definition) is 4. The molecule has 19 heavy (non-hydrogen) atoms. The van der Waals surface area contributed by atoms with E-state index in [1.807, 2.05) is 36.5 Å². The summed E-state index contributed by atoms with van der Waals surface area (Å²) in [6, 6.07) is 10.0. The van der Waals surface area contributed by atoms with Gasteiger partial charge in [-0.1, -0.05) is 18.2 Å². The maximum Gasteiger partial charge on any atom is 0.0971 e. The number of halogens is 1. The third-order valence-corrected chi connectivity index (χ3v) is 3.12. The van der Waals surface area contributed by atoms with E-state index >= 15 is 0 Å². The van der Waals surface area contributed by atoms with Gasteiger partial charge in [-0.05, 0) is 12.1 Å². The fraction of sp³-hybridized carbons (Fsp3) is 0.385. The quantitative estimate of drug-likeness (QED) is 0.914. The summed E-state index contributed by atoms with van der Waals surface area (Å²) < 4.78 is 0. The molecule has 0 unspecified atom stereocenters. The molecule has 0 bridgehead atoms. The first-order valence-electron chi connectivity index (χ1n) is 6.31. The van der Waals surface area contributed by atoms with Crippen LogP contribution in [0.2, 0.25) is 0 Å². The van der Waals surface area contributed by atoms with Crippen LogP contribution >= 0.6 is 12.4 Å². The third kappa shape index (κ3) is 3.53. The molecule has 0 saturated carbocycles. The number of nitrogens with one attached hydrogen (secondary N) is 1. The molecule has 0 radical (unpaired) electrons. The molecular formula is C13H18ClN5. The van der Waals surface area contributed by atoms with Crippen molar-refractivity contribution in [3.63, 3.8) is 0 Å². The van der Waals surface area contributed by atoms with Gasteiger partial charge in [0.15, 0.2) is 0 Å². The Morgan fingerprint density at radius 2 is 1.84 bits per heavy atom. The molecule has 1 N–H and O–H groups in total. The summed E-state index contributed by atoms with van der Waals surface area (Å²) in [7, 11) is 0. The maximum atomic E-state index is 4.52. The summed E-state index contributed by atoms with van der Waals surface area (Å²) in [6.45, 7) is 5.17. The highest BCUT2D eigenvalue weighted by atomic mass is 35.5. The van der Waals surface area contributed by atoms with E-state index in [2.05, 4.69) is 20.4 Å². The van der Waals surface area contributed by atoms with Gasteiger partial charge < -0.3 is 5.32 Å². The molecule has 0 spiro atoms. The van der Waals surface area contributed by atoms with Gasteiger partial charge in [-0.3, -0.25) is 4.90 Å². The largest absolute Gasteiger partial charge is 0.314 e. The van der Waals surface area contributed by atoms with Crippen molar-refractivity contribution in [3.8, 4) is 5.69 Å². The summed E-state index contributed by atoms with van der Waals surface area (Å²) in [5.41, 5.74) is 2.03. The van der Waals surface area contributed by atoms with Crippen molar-refractivity contribution in [2.75, 3.05) is 26.2 Å². The van der Waals surface area contributed by atoms with Gasteiger partial charge in [0, 0.05) is 32.7 Å². The van der Waals surface area contributed by atoms with Crippen LogP contribution in [0.1, 0.15) is 5.69 Å². The molecule has 1 aromatic carbocycles. The van der Waals surface area contributed by atoms with Crippen LogP contribution in [0.25, 0.3) is 5.69 Å². The van der Waals surface area contributed by atoms with Crippen LogP contribution in [0.15, 0.2) is 36.5 Å². The molecule has 1 fully saturated rings. The molecule has 1 aliphatic rings. The predicted molar refractivity (Wildman–Crippen MR) is 76.8 cm³/mol. The Bertz CT molecular complexity index is 493. The van der Waals surface area contributed by atoms with Crippen molar-refractivity contribution >= 4 is 12.4 Å². The lowest BCUT2D eigenvalue weighted by molar-refractivity contribution is 0.230. The molecule has 0 aliphatic carbocycles. The van der Waals surface area contributed by atoms with Crippen molar-refractivity contribution in [3.05, 3.63) is 42.2 Å². The van der Waals surface area contributed by atoms with Crippen molar-refractivity contribution in [2.24, 2.45) is 0 Å². The summed E-state index contributed by atoms with van der Waals surface area (Å²) >= 11 is 0. The first-order chi connectivity index (χ1) is 8.92. The van der Waals surface area contributed by atoms with E-state index in [1.165, 1.54) is 0 Å². The molecule has 1 saturated heterocycles. The van der Waals surface area contributed by atoms with Gasteiger partial charge in [0.1, 0.15) is 0 Å². The number of rotatable bonds is 3. The second kappa shape index (κ2) is 6.65. The Morgan fingerprint density at radius 3 is 2.58 bits per heavy atom. The van der Waals surface area contributed by atoms with Crippen LogP contribution in [-0.4, -0.2) is 46.1 Å². The van der Waals surface area contributed by atoms with Gasteiger partial charge >= 0.3 is 0 Å². The van der Waals surface area contributed by atoms with Gasteiger partial charge in [0.05, 0.1) is 17.6 Å². The highest BCUT2D eigenvalue weighted by Gasteiger charge is 2.12. The van der Waals surface area contributed by atoms with Crippen molar-refractivity contribution in [1.82, 2.24) is 25.2 Å². The minimum Gasteiger partial charge on any atom is -0.314 e. The summed E-state index contributed by atoms with van der Waals surface area (Å²) in [4.78, 5) is 4.09. The molecule has 3 rings (SSSR count). The number of nitrogens with zero attached hydrogens (tertiary/aromatic N) is 4. The highest BCUT2D eigenvalue weighted by molar-refractivity contribution is 5.85. The summed E-state index contributed by atoms with van der Waals surface area (Å²) in [5, 5.41) is 12.2. The second-order valence-corrected chi connectivity index (χ2v) is 4.49. The molecule has 5 nitrogen and oxygen atoms in total. The maximum absolute atomic E-state index is 4.52. The molecule has 1 aliphatic heterocycles. The van der Waals surface area contributed by atoms with E-state index < -0.39 is 0 Å². The molecule has 102 valence electrons. The van der Waals surface area contributed by atoms with Crippen molar-refractivity contribution in [1.29, 1.82) is 0 Å². The van der Waals surface area contributed by atoms with Crippen LogP contribution in [0.3, 0.4) is 0 Å². The first kappa shape index (κ1) is 14.0. The van der Waals surface area contributed by atoms with Crippen LogP contribution in [0.5, 0.6) is 0 Å². The van der Waals surface area contributed by atoms with Gasteiger partial charge in [-0.2, -0.15) is 15.0 Å². The molecule has 0 atom stereocenters. The topological polar surface area (TPSA) is 46.0 Å². The minimum absolute atomic E-state index is 0. The highest BCUT2D eigenvalue weighted by Crippen LogP contribution is 2.06. The monoisotopic (exact) mass is 279 g/mol. The van der Waals surface area contributed by atoms with E-state index in [0.717, 1.165) is 44.1 Å². The Morgan fingerprint density at radius 1 is 1.11 bits per heavy atom. The number of benzene rings is 1.